The van der Waals surface area contributed by atoms with Crippen LogP contribution in [0.25, 0.3) is 0 Å². The topological polar surface area (TPSA) is 89.8 Å². The highest BCUT2D eigenvalue weighted by molar-refractivity contribution is 7.89. The van der Waals surface area contributed by atoms with E-state index in [9.17, 15) is 8.42 Å². The first-order valence-corrected chi connectivity index (χ1v) is 6.77. The number of hydrogen-bond acceptors (Lipinski definition) is 4. The van der Waals surface area contributed by atoms with Crippen molar-refractivity contribution in [1.29, 1.82) is 5.26 Å². The van der Waals surface area contributed by atoms with Crippen LogP contribution in [0.15, 0.2) is 11.2 Å². The summed E-state index contributed by atoms with van der Waals surface area (Å²) in [5, 5.41) is 8.80. The molecule has 0 aliphatic rings. The third-order valence-electron chi connectivity index (χ3n) is 2.35. The SMILES string of the molecule is CCN(CC(C)C#N)S(=O)(=O)c1cnc(C)[nH]1. The second-order valence-corrected chi connectivity index (χ2v) is 5.73. The Hall–Kier alpha value is -1.39. The maximum atomic E-state index is 12.2. The number of sulfonamides is 1. The average molecular weight is 256 g/mol. The van der Waals surface area contributed by atoms with Gasteiger partial charge < -0.3 is 4.98 Å². The number of nitriles is 1. The molecule has 0 aliphatic heterocycles. The molecule has 0 fully saturated rings. The monoisotopic (exact) mass is 256 g/mol. The van der Waals surface area contributed by atoms with Crippen LogP contribution >= 0.6 is 0 Å². The first-order valence-electron chi connectivity index (χ1n) is 5.33. The van der Waals surface area contributed by atoms with Gasteiger partial charge in [0, 0.05) is 13.1 Å². The molecule has 1 rings (SSSR count). The number of aromatic amines is 1. The predicted octanol–water partition coefficient (Wildman–Crippen LogP) is 0.888. The van der Waals surface area contributed by atoms with E-state index >= 15 is 0 Å². The molecule has 0 saturated carbocycles. The minimum Gasteiger partial charge on any atom is -0.332 e. The second kappa shape index (κ2) is 5.29. The van der Waals surface area contributed by atoms with Gasteiger partial charge in [0.15, 0.2) is 5.03 Å². The lowest BCUT2D eigenvalue weighted by Gasteiger charge is -2.20. The first-order chi connectivity index (χ1) is 7.91. The highest BCUT2D eigenvalue weighted by Gasteiger charge is 2.26. The molecule has 1 unspecified atom stereocenters. The maximum absolute atomic E-state index is 12.2. The van der Waals surface area contributed by atoms with Gasteiger partial charge in [-0.1, -0.05) is 6.92 Å². The van der Waals surface area contributed by atoms with Crippen LogP contribution < -0.4 is 0 Å². The minimum absolute atomic E-state index is 0.0713. The zero-order chi connectivity index (χ0) is 13.1. The molecule has 1 N–H and O–H groups in total. The molecule has 6 nitrogen and oxygen atoms in total. The Kier molecular flexibility index (Phi) is 4.26. The third-order valence-corrected chi connectivity index (χ3v) is 4.20. The van der Waals surface area contributed by atoms with Gasteiger partial charge in [-0.25, -0.2) is 13.4 Å². The Morgan fingerprint density at radius 2 is 2.29 bits per heavy atom. The van der Waals surface area contributed by atoms with Crippen LogP contribution in [0.4, 0.5) is 0 Å². The van der Waals surface area contributed by atoms with Gasteiger partial charge in [0.25, 0.3) is 10.0 Å². The summed E-state index contributed by atoms with van der Waals surface area (Å²) in [7, 11) is -3.57. The molecule has 1 aromatic rings. The molecule has 0 spiro atoms. The Bertz CT molecular complexity index is 515. The molecule has 94 valence electrons. The summed E-state index contributed by atoms with van der Waals surface area (Å²) in [6.07, 6.45) is 1.30. The molecule has 1 atom stereocenters. The number of aryl methyl sites for hydroxylation is 1. The molecule has 0 bridgehead atoms. The molecule has 0 radical (unpaired) electrons. The van der Waals surface area contributed by atoms with E-state index in [2.05, 4.69) is 9.97 Å². The van der Waals surface area contributed by atoms with E-state index in [0.29, 0.717) is 12.4 Å². The Balaban J connectivity index is 2.99. The molecule has 1 heterocycles. The zero-order valence-corrected chi connectivity index (χ0v) is 11.0. The fourth-order valence-corrected chi connectivity index (χ4v) is 2.91. The van der Waals surface area contributed by atoms with Crippen molar-refractivity contribution in [2.45, 2.75) is 25.8 Å². The molecule has 1 aromatic heterocycles. The number of hydrogen-bond donors (Lipinski definition) is 1. The van der Waals surface area contributed by atoms with Crippen molar-refractivity contribution >= 4 is 10.0 Å². The molecule has 0 saturated heterocycles. The van der Waals surface area contributed by atoms with Gasteiger partial charge in [-0.05, 0) is 13.8 Å². The van der Waals surface area contributed by atoms with Crippen molar-refractivity contribution in [3.63, 3.8) is 0 Å². The number of aromatic nitrogens is 2. The lowest BCUT2D eigenvalue weighted by molar-refractivity contribution is 0.398. The highest BCUT2D eigenvalue weighted by atomic mass is 32.2. The summed E-state index contributed by atoms with van der Waals surface area (Å²) in [6.45, 7) is 5.63. The van der Waals surface area contributed by atoms with Gasteiger partial charge in [0.2, 0.25) is 0 Å². The van der Waals surface area contributed by atoms with Gasteiger partial charge in [-0.15, -0.1) is 0 Å². The molecule has 7 heteroatoms. The van der Waals surface area contributed by atoms with Gasteiger partial charge in [0.05, 0.1) is 18.2 Å². The van der Waals surface area contributed by atoms with Crippen molar-refractivity contribution in [1.82, 2.24) is 14.3 Å². The number of imidazole rings is 1. The molecular weight excluding hydrogens is 240 g/mol. The van der Waals surface area contributed by atoms with Crippen molar-refractivity contribution in [2.75, 3.05) is 13.1 Å². The molecule has 0 amide bonds. The third kappa shape index (κ3) is 3.05. The van der Waals surface area contributed by atoms with Crippen molar-refractivity contribution in [2.24, 2.45) is 5.92 Å². The Morgan fingerprint density at radius 1 is 1.65 bits per heavy atom. The van der Waals surface area contributed by atoms with E-state index in [1.807, 2.05) is 6.07 Å². The summed E-state index contributed by atoms with van der Waals surface area (Å²) in [5.74, 6) is 0.210. The lowest BCUT2D eigenvalue weighted by atomic mass is 10.2. The first kappa shape index (κ1) is 13.7. The maximum Gasteiger partial charge on any atom is 0.260 e. The molecule has 17 heavy (non-hydrogen) atoms. The van der Waals surface area contributed by atoms with E-state index in [4.69, 9.17) is 5.26 Å². The summed E-state index contributed by atoms with van der Waals surface area (Å²) < 4.78 is 25.6. The van der Waals surface area contributed by atoms with Crippen molar-refractivity contribution in [3.8, 4) is 6.07 Å². The summed E-state index contributed by atoms with van der Waals surface area (Å²) in [6, 6.07) is 2.03. The standard InChI is InChI=1S/C10H16N4O2S/c1-4-14(7-8(2)5-11)17(15,16)10-6-12-9(3)13-10/h6,8H,4,7H2,1-3H3,(H,12,13). The highest BCUT2D eigenvalue weighted by Crippen LogP contribution is 2.14. The van der Waals surface area contributed by atoms with Gasteiger partial charge >= 0.3 is 0 Å². The Labute approximate surface area is 101 Å². The van der Waals surface area contributed by atoms with E-state index in [1.165, 1.54) is 10.5 Å². The predicted molar refractivity (Wildman–Crippen MR) is 62.5 cm³/mol. The van der Waals surface area contributed by atoms with Gasteiger partial charge in [-0.2, -0.15) is 9.57 Å². The molecule has 0 aromatic carbocycles. The number of nitrogens with zero attached hydrogens (tertiary/aromatic N) is 3. The summed E-state index contributed by atoms with van der Waals surface area (Å²) in [4.78, 5) is 6.57. The van der Waals surface area contributed by atoms with Crippen LogP contribution in [0.3, 0.4) is 0 Å². The Morgan fingerprint density at radius 3 is 2.71 bits per heavy atom. The normalized spacial score (nSPS) is 13.6. The van der Waals surface area contributed by atoms with E-state index in [0.717, 1.165) is 0 Å². The molecular formula is C10H16N4O2S. The van der Waals surface area contributed by atoms with Gasteiger partial charge in [0.1, 0.15) is 5.82 Å². The fourth-order valence-electron chi connectivity index (χ4n) is 1.41. The van der Waals surface area contributed by atoms with E-state index in [-0.39, 0.29) is 17.5 Å². The summed E-state index contributed by atoms with van der Waals surface area (Å²) >= 11 is 0. The zero-order valence-electron chi connectivity index (χ0n) is 10.1. The van der Waals surface area contributed by atoms with Crippen LogP contribution in [0.2, 0.25) is 0 Å². The number of rotatable bonds is 5. The lowest BCUT2D eigenvalue weighted by Crippen LogP contribution is -2.34. The quantitative estimate of drug-likeness (QED) is 0.847. The number of H-pyrrole nitrogens is 1. The van der Waals surface area contributed by atoms with Crippen LogP contribution in [0, 0.1) is 24.2 Å². The van der Waals surface area contributed by atoms with Crippen LogP contribution in [-0.2, 0) is 10.0 Å². The average Bonchev–Trinajstić information content (AvgIpc) is 2.72. The van der Waals surface area contributed by atoms with Crippen molar-refractivity contribution < 1.29 is 8.42 Å². The van der Waals surface area contributed by atoms with Gasteiger partial charge in [-0.3, -0.25) is 0 Å². The number of nitrogens with one attached hydrogen (secondary N) is 1. The summed E-state index contributed by atoms with van der Waals surface area (Å²) in [5.41, 5.74) is 0. The smallest absolute Gasteiger partial charge is 0.260 e. The van der Waals surface area contributed by atoms with Crippen LogP contribution in [0.5, 0.6) is 0 Å². The largest absolute Gasteiger partial charge is 0.332 e. The fraction of sp³-hybridized carbons (Fsp3) is 0.600. The molecule has 0 aliphatic carbocycles. The van der Waals surface area contributed by atoms with Crippen LogP contribution in [-0.4, -0.2) is 35.8 Å². The van der Waals surface area contributed by atoms with E-state index in [1.54, 1.807) is 20.8 Å². The van der Waals surface area contributed by atoms with Crippen LogP contribution in [0.1, 0.15) is 19.7 Å². The van der Waals surface area contributed by atoms with E-state index < -0.39 is 10.0 Å². The minimum atomic E-state index is -3.57. The second-order valence-electron chi connectivity index (χ2n) is 3.82. The van der Waals surface area contributed by atoms with Crippen molar-refractivity contribution in [3.05, 3.63) is 12.0 Å².